The van der Waals surface area contributed by atoms with Gasteiger partial charge in [0, 0.05) is 12.7 Å². The number of thiazole rings is 1. The molecule has 0 aliphatic rings. The highest BCUT2D eigenvalue weighted by atomic mass is 32.1. The fourth-order valence-corrected chi connectivity index (χ4v) is 3.29. The average molecular weight is 310 g/mol. The van der Waals surface area contributed by atoms with E-state index in [1.54, 1.807) is 16.9 Å². The number of carbonyl (C=O) groups excluding carboxylic acids is 1. The van der Waals surface area contributed by atoms with E-state index in [2.05, 4.69) is 16.0 Å². The van der Waals surface area contributed by atoms with Crippen LogP contribution in [0.2, 0.25) is 0 Å². The third-order valence-corrected chi connectivity index (χ3v) is 4.33. The van der Waals surface area contributed by atoms with E-state index in [1.165, 1.54) is 11.3 Å². The third kappa shape index (κ3) is 2.47. The molecule has 0 atom stereocenters. The number of terminal acetylenes is 1. The van der Waals surface area contributed by atoms with E-state index >= 15 is 0 Å². The number of aromatic nitrogens is 3. The summed E-state index contributed by atoms with van der Waals surface area (Å²) in [5.74, 6) is 2.31. The number of amides is 1. The first-order valence-electron chi connectivity index (χ1n) is 6.87. The number of fused-ring (bicyclic) bond motifs is 1. The van der Waals surface area contributed by atoms with Gasteiger partial charge in [0.05, 0.1) is 16.8 Å². The first-order chi connectivity index (χ1) is 10.7. The molecule has 0 unspecified atom stereocenters. The van der Waals surface area contributed by atoms with E-state index in [-0.39, 0.29) is 5.91 Å². The molecule has 0 radical (unpaired) electrons. The molecular formula is C16H14N4OS. The summed E-state index contributed by atoms with van der Waals surface area (Å²) in [6.45, 7) is 2.94. The predicted octanol–water partition coefficient (Wildman–Crippen LogP) is 2.29. The van der Waals surface area contributed by atoms with Crippen LogP contribution in [0.1, 0.15) is 17.4 Å². The van der Waals surface area contributed by atoms with Crippen LogP contribution in [0.5, 0.6) is 0 Å². The Morgan fingerprint density at radius 1 is 1.41 bits per heavy atom. The lowest BCUT2D eigenvalue weighted by molar-refractivity contribution is 0.0987. The van der Waals surface area contributed by atoms with Gasteiger partial charge in [-0.15, -0.1) is 6.42 Å². The van der Waals surface area contributed by atoms with Crippen molar-refractivity contribution in [3.8, 4) is 12.3 Å². The summed E-state index contributed by atoms with van der Waals surface area (Å²) >= 11 is 1.45. The second-order valence-corrected chi connectivity index (χ2v) is 5.60. The second kappa shape index (κ2) is 6.00. The quantitative estimate of drug-likeness (QED) is 0.697. The van der Waals surface area contributed by atoms with Crippen LogP contribution in [0, 0.1) is 12.3 Å². The van der Waals surface area contributed by atoms with Gasteiger partial charge in [0.2, 0.25) is 0 Å². The molecule has 3 rings (SSSR count). The third-order valence-electron chi connectivity index (χ3n) is 3.27. The van der Waals surface area contributed by atoms with Crippen LogP contribution in [0.4, 0.5) is 0 Å². The zero-order valence-corrected chi connectivity index (χ0v) is 12.9. The Morgan fingerprint density at radius 2 is 2.23 bits per heavy atom. The molecule has 3 aromatic rings. The van der Waals surface area contributed by atoms with E-state index in [1.807, 2.05) is 35.8 Å². The maximum Gasteiger partial charge on any atom is 0.297 e. The molecule has 0 fully saturated rings. The molecule has 110 valence electrons. The van der Waals surface area contributed by atoms with Crippen molar-refractivity contribution in [3.63, 3.8) is 0 Å². The molecule has 0 aliphatic heterocycles. The van der Waals surface area contributed by atoms with Crippen LogP contribution in [0.15, 0.2) is 41.5 Å². The van der Waals surface area contributed by atoms with Crippen molar-refractivity contribution < 1.29 is 4.79 Å². The summed E-state index contributed by atoms with van der Waals surface area (Å²) in [4.78, 5) is 17.3. The summed E-state index contributed by atoms with van der Waals surface area (Å²) < 4.78 is 4.56. The minimum Gasteiger partial charge on any atom is -0.305 e. The van der Waals surface area contributed by atoms with Gasteiger partial charge >= 0.3 is 0 Å². The van der Waals surface area contributed by atoms with Crippen molar-refractivity contribution in [1.29, 1.82) is 0 Å². The largest absolute Gasteiger partial charge is 0.305 e. The van der Waals surface area contributed by atoms with Crippen LogP contribution in [-0.2, 0) is 13.1 Å². The van der Waals surface area contributed by atoms with E-state index in [0.29, 0.717) is 23.6 Å². The molecule has 0 N–H and O–H groups in total. The van der Waals surface area contributed by atoms with Crippen molar-refractivity contribution in [3.05, 3.63) is 47.0 Å². The van der Waals surface area contributed by atoms with E-state index in [9.17, 15) is 4.79 Å². The monoisotopic (exact) mass is 310 g/mol. The second-order valence-electron chi connectivity index (χ2n) is 4.59. The SMILES string of the molecule is C#CCn1c(=NC(=O)c2ccnn2CC)sc2ccccc21. The molecule has 5 nitrogen and oxygen atoms in total. The molecule has 0 saturated heterocycles. The number of aryl methyl sites for hydroxylation is 1. The molecular weight excluding hydrogens is 296 g/mol. The van der Waals surface area contributed by atoms with Gasteiger partial charge in [0.15, 0.2) is 4.80 Å². The molecule has 0 spiro atoms. The van der Waals surface area contributed by atoms with Crippen molar-refractivity contribution in [2.24, 2.45) is 4.99 Å². The molecule has 2 heterocycles. The molecule has 0 saturated carbocycles. The fourth-order valence-electron chi connectivity index (χ4n) is 2.26. The molecule has 1 amide bonds. The van der Waals surface area contributed by atoms with Crippen molar-refractivity contribution in [1.82, 2.24) is 14.3 Å². The summed E-state index contributed by atoms with van der Waals surface area (Å²) in [5.41, 5.74) is 1.47. The standard InChI is InChI=1S/C16H14N4OS/c1-3-11-19-12-7-5-6-8-14(12)22-16(19)18-15(21)13-9-10-17-20(13)4-2/h1,5-10H,4,11H2,2H3. The minimum atomic E-state index is -0.309. The van der Waals surface area contributed by atoms with Crippen LogP contribution in [-0.4, -0.2) is 20.3 Å². The van der Waals surface area contributed by atoms with Gasteiger partial charge < -0.3 is 4.57 Å². The number of hydrogen-bond acceptors (Lipinski definition) is 3. The number of benzene rings is 1. The first kappa shape index (κ1) is 14.3. The Bertz CT molecular complexity index is 939. The van der Waals surface area contributed by atoms with Gasteiger partial charge in [-0.25, -0.2) is 0 Å². The topological polar surface area (TPSA) is 52.2 Å². The summed E-state index contributed by atoms with van der Waals surface area (Å²) in [7, 11) is 0. The summed E-state index contributed by atoms with van der Waals surface area (Å²) in [5, 5.41) is 4.10. The van der Waals surface area contributed by atoms with Crippen LogP contribution < -0.4 is 4.80 Å². The zero-order chi connectivity index (χ0) is 15.5. The van der Waals surface area contributed by atoms with Gasteiger partial charge in [-0.3, -0.25) is 9.48 Å². The molecule has 22 heavy (non-hydrogen) atoms. The maximum atomic E-state index is 12.4. The Hall–Kier alpha value is -2.65. The number of hydrogen-bond donors (Lipinski definition) is 0. The Kier molecular flexibility index (Phi) is 3.90. The lowest BCUT2D eigenvalue weighted by atomic mass is 10.3. The van der Waals surface area contributed by atoms with Crippen molar-refractivity contribution >= 4 is 27.5 Å². The van der Waals surface area contributed by atoms with Crippen LogP contribution in [0.3, 0.4) is 0 Å². The van der Waals surface area contributed by atoms with Crippen LogP contribution >= 0.6 is 11.3 Å². The molecule has 0 bridgehead atoms. The van der Waals surface area contributed by atoms with Gasteiger partial charge in [-0.1, -0.05) is 29.4 Å². The number of carbonyl (C=O) groups is 1. The Balaban J connectivity index is 2.15. The Labute approximate surface area is 131 Å². The lowest BCUT2D eigenvalue weighted by Gasteiger charge is -2.01. The van der Waals surface area contributed by atoms with Crippen molar-refractivity contribution in [2.75, 3.05) is 0 Å². The smallest absolute Gasteiger partial charge is 0.297 e. The van der Waals surface area contributed by atoms with Gasteiger partial charge in [0.25, 0.3) is 5.91 Å². The van der Waals surface area contributed by atoms with Gasteiger partial charge in [-0.05, 0) is 25.1 Å². The number of nitrogens with zero attached hydrogens (tertiary/aromatic N) is 4. The number of rotatable bonds is 3. The van der Waals surface area contributed by atoms with E-state index < -0.39 is 0 Å². The Morgan fingerprint density at radius 3 is 3.00 bits per heavy atom. The molecule has 6 heteroatoms. The fraction of sp³-hybridized carbons (Fsp3) is 0.188. The average Bonchev–Trinajstić information content (AvgIpc) is 3.13. The normalized spacial score (nSPS) is 11.7. The van der Waals surface area contributed by atoms with Gasteiger partial charge in [-0.2, -0.15) is 10.1 Å². The summed E-state index contributed by atoms with van der Waals surface area (Å²) in [6.07, 6.45) is 7.05. The van der Waals surface area contributed by atoms with Gasteiger partial charge in [0.1, 0.15) is 5.69 Å². The number of para-hydroxylation sites is 1. The predicted molar refractivity (Wildman–Crippen MR) is 86.4 cm³/mol. The molecule has 0 aliphatic carbocycles. The van der Waals surface area contributed by atoms with E-state index in [0.717, 1.165) is 10.2 Å². The molecule has 1 aromatic carbocycles. The highest BCUT2D eigenvalue weighted by Crippen LogP contribution is 2.16. The minimum absolute atomic E-state index is 0.309. The van der Waals surface area contributed by atoms with Crippen molar-refractivity contribution in [2.45, 2.75) is 20.0 Å². The maximum absolute atomic E-state index is 12.4. The zero-order valence-electron chi connectivity index (χ0n) is 12.1. The molecule has 2 aromatic heterocycles. The highest BCUT2D eigenvalue weighted by Gasteiger charge is 2.12. The lowest BCUT2D eigenvalue weighted by Crippen LogP contribution is -2.18. The van der Waals surface area contributed by atoms with E-state index in [4.69, 9.17) is 6.42 Å². The first-order valence-corrected chi connectivity index (χ1v) is 7.69. The van der Waals surface area contributed by atoms with Crippen LogP contribution in [0.25, 0.3) is 10.2 Å². The summed E-state index contributed by atoms with van der Waals surface area (Å²) in [6, 6.07) is 9.54. The highest BCUT2D eigenvalue weighted by molar-refractivity contribution is 7.16.